The summed E-state index contributed by atoms with van der Waals surface area (Å²) in [7, 11) is 1.55. The number of anilines is 1. The van der Waals surface area contributed by atoms with Crippen molar-refractivity contribution in [2.75, 3.05) is 19.0 Å². The average molecular weight is 496 g/mol. The van der Waals surface area contributed by atoms with Crippen molar-refractivity contribution in [3.8, 4) is 17.0 Å². The van der Waals surface area contributed by atoms with Gasteiger partial charge in [-0.1, -0.05) is 24.8 Å². The van der Waals surface area contributed by atoms with E-state index in [1.807, 2.05) is 12.1 Å². The molecule has 0 saturated carbocycles. The zero-order valence-electron chi connectivity index (χ0n) is 19.7. The van der Waals surface area contributed by atoms with Crippen molar-refractivity contribution in [2.45, 2.75) is 19.5 Å². The number of methoxy groups -OCH3 is 1. The summed E-state index contributed by atoms with van der Waals surface area (Å²) in [4.78, 5) is 16.0. The fourth-order valence-electron chi connectivity index (χ4n) is 3.84. The summed E-state index contributed by atoms with van der Waals surface area (Å²) in [5, 5.41) is 7.55. The summed E-state index contributed by atoms with van der Waals surface area (Å²) in [6, 6.07) is 14.0. The fraction of sp³-hybridized carbons (Fsp3) is 0.192. The molecular weight excluding hydrogens is 471 g/mol. The van der Waals surface area contributed by atoms with Gasteiger partial charge in [-0.25, -0.2) is 9.50 Å². The maximum absolute atomic E-state index is 12.8. The quantitative estimate of drug-likeness (QED) is 0.349. The van der Waals surface area contributed by atoms with Crippen LogP contribution in [0, 0.1) is 6.92 Å². The molecule has 1 amide bonds. The minimum atomic E-state index is -4.30. The van der Waals surface area contributed by atoms with Gasteiger partial charge in [0.2, 0.25) is 5.91 Å². The van der Waals surface area contributed by atoms with Gasteiger partial charge >= 0.3 is 6.18 Å². The lowest BCUT2D eigenvalue weighted by molar-refractivity contribution is -0.131. The molecule has 0 aliphatic carbocycles. The van der Waals surface area contributed by atoms with E-state index in [0.717, 1.165) is 5.56 Å². The van der Waals surface area contributed by atoms with Crippen LogP contribution in [-0.4, -0.2) is 40.3 Å². The number of alkyl halides is 3. The number of hydrogen-bond donors (Lipinski definition) is 2. The molecule has 4 aromatic rings. The zero-order chi connectivity index (χ0) is 26.0. The molecule has 2 aromatic heterocycles. The number of amides is 1. The van der Waals surface area contributed by atoms with Gasteiger partial charge in [0.25, 0.3) is 0 Å². The summed E-state index contributed by atoms with van der Waals surface area (Å²) in [6.07, 6.45) is -3.73. The molecule has 0 atom stereocenters. The SMILES string of the molecule is C=C(c1cccc(OC)c1)c1cc(NCCC(F)(F)F)c2ncc(-c3ccc(C(N)=O)c(C)c3)n2n1. The second-order valence-electron chi connectivity index (χ2n) is 8.22. The number of ether oxygens (including phenoxy) is 1. The number of carbonyl (C=O) groups is 1. The van der Waals surface area contributed by atoms with Crippen LogP contribution >= 0.6 is 0 Å². The van der Waals surface area contributed by atoms with Crippen molar-refractivity contribution in [2.24, 2.45) is 5.73 Å². The van der Waals surface area contributed by atoms with Crippen LogP contribution in [0.15, 0.2) is 61.3 Å². The highest BCUT2D eigenvalue weighted by Gasteiger charge is 2.26. The number of benzene rings is 2. The lowest BCUT2D eigenvalue weighted by Crippen LogP contribution is -2.15. The van der Waals surface area contributed by atoms with E-state index in [9.17, 15) is 18.0 Å². The fourth-order valence-corrected chi connectivity index (χ4v) is 3.84. The van der Waals surface area contributed by atoms with E-state index in [1.54, 1.807) is 61.1 Å². The molecule has 36 heavy (non-hydrogen) atoms. The van der Waals surface area contributed by atoms with Gasteiger partial charge < -0.3 is 15.8 Å². The van der Waals surface area contributed by atoms with E-state index in [-0.39, 0.29) is 6.54 Å². The Kier molecular flexibility index (Phi) is 6.69. The van der Waals surface area contributed by atoms with Crippen LogP contribution in [0.25, 0.3) is 22.5 Å². The number of nitrogens with zero attached hydrogens (tertiary/aromatic N) is 3. The van der Waals surface area contributed by atoms with E-state index in [2.05, 4.69) is 16.9 Å². The highest BCUT2D eigenvalue weighted by Crippen LogP contribution is 2.30. The number of nitrogens with one attached hydrogen (secondary N) is 1. The number of primary amides is 1. The minimum absolute atomic E-state index is 0.330. The molecule has 0 spiro atoms. The number of fused-ring (bicyclic) bond motifs is 1. The number of nitrogens with two attached hydrogens (primary N) is 1. The largest absolute Gasteiger partial charge is 0.497 e. The number of hydrogen-bond acceptors (Lipinski definition) is 5. The molecule has 3 N–H and O–H groups in total. The van der Waals surface area contributed by atoms with Gasteiger partial charge in [-0.15, -0.1) is 0 Å². The average Bonchev–Trinajstić information content (AvgIpc) is 3.26. The summed E-state index contributed by atoms with van der Waals surface area (Å²) < 4.78 is 45.2. The third-order valence-electron chi connectivity index (χ3n) is 5.71. The van der Waals surface area contributed by atoms with Gasteiger partial charge in [0, 0.05) is 23.2 Å². The summed E-state index contributed by atoms with van der Waals surface area (Å²) in [6.45, 7) is 5.59. The molecule has 4 rings (SSSR count). The van der Waals surface area contributed by atoms with Gasteiger partial charge in [0.05, 0.1) is 36.8 Å². The van der Waals surface area contributed by atoms with Crippen LogP contribution < -0.4 is 15.8 Å². The van der Waals surface area contributed by atoms with Gasteiger partial charge in [-0.2, -0.15) is 18.3 Å². The lowest BCUT2D eigenvalue weighted by atomic mass is 10.0. The van der Waals surface area contributed by atoms with E-state index in [4.69, 9.17) is 15.6 Å². The molecule has 0 radical (unpaired) electrons. The van der Waals surface area contributed by atoms with Crippen LogP contribution in [0.2, 0.25) is 0 Å². The molecule has 2 aromatic carbocycles. The van der Waals surface area contributed by atoms with Gasteiger partial charge in [0.1, 0.15) is 5.75 Å². The Bertz CT molecular complexity index is 1460. The summed E-state index contributed by atoms with van der Waals surface area (Å²) in [5.41, 5.74) is 10.3. The molecule has 186 valence electrons. The van der Waals surface area contributed by atoms with Crippen LogP contribution in [-0.2, 0) is 0 Å². The first-order valence-electron chi connectivity index (χ1n) is 11.0. The zero-order valence-corrected chi connectivity index (χ0v) is 19.7. The van der Waals surface area contributed by atoms with E-state index < -0.39 is 18.5 Å². The highest BCUT2D eigenvalue weighted by atomic mass is 19.4. The maximum atomic E-state index is 12.8. The summed E-state index contributed by atoms with van der Waals surface area (Å²) >= 11 is 0. The molecule has 2 heterocycles. The Morgan fingerprint density at radius 3 is 2.64 bits per heavy atom. The molecule has 7 nitrogen and oxygen atoms in total. The lowest BCUT2D eigenvalue weighted by Gasteiger charge is -2.14. The van der Waals surface area contributed by atoms with Crippen LogP contribution in [0.1, 0.15) is 33.6 Å². The topological polar surface area (TPSA) is 94.5 Å². The van der Waals surface area contributed by atoms with Crippen LogP contribution in [0.3, 0.4) is 0 Å². The number of rotatable bonds is 8. The van der Waals surface area contributed by atoms with Gasteiger partial charge in [-0.05, 0) is 48.4 Å². The molecule has 0 bridgehead atoms. The third kappa shape index (κ3) is 5.17. The third-order valence-corrected chi connectivity index (χ3v) is 5.71. The number of carbonyl (C=O) groups excluding carboxylic acids is 1. The normalized spacial score (nSPS) is 11.5. The first-order valence-corrected chi connectivity index (χ1v) is 11.0. The van der Waals surface area contributed by atoms with Crippen molar-refractivity contribution < 1.29 is 22.7 Å². The van der Waals surface area contributed by atoms with E-state index in [1.165, 1.54) is 0 Å². The molecule has 0 aliphatic rings. The Morgan fingerprint density at radius 2 is 1.97 bits per heavy atom. The number of halogens is 3. The predicted octanol–water partition coefficient (Wildman–Crippen LogP) is 5.24. The highest BCUT2D eigenvalue weighted by molar-refractivity contribution is 5.95. The van der Waals surface area contributed by atoms with Crippen LogP contribution in [0.4, 0.5) is 18.9 Å². The second-order valence-corrected chi connectivity index (χ2v) is 8.22. The smallest absolute Gasteiger partial charge is 0.390 e. The van der Waals surface area contributed by atoms with E-state index >= 15 is 0 Å². The molecule has 0 fully saturated rings. The number of imidazole rings is 1. The Balaban J connectivity index is 1.83. The van der Waals surface area contributed by atoms with Gasteiger partial charge in [-0.3, -0.25) is 4.79 Å². The molecule has 0 unspecified atom stereocenters. The molecule has 0 saturated heterocycles. The van der Waals surface area contributed by atoms with Crippen molar-refractivity contribution in [1.29, 1.82) is 0 Å². The van der Waals surface area contributed by atoms with Crippen LogP contribution in [0.5, 0.6) is 5.75 Å². The standard InChI is InChI=1S/C26H24F3N5O2/c1-15-11-18(7-8-20(15)24(30)35)23-14-32-25-22(31-10-9-26(27,28)29)13-21(33-34(23)25)16(2)17-5-4-6-19(12-17)36-3/h4-8,11-14,31H,2,9-10H2,1,3H3,(H2,30,35). The van der Waals surface area contributed by atoms with Crippen molar-refractivity contribution in [3.63, 3.8) is 0 Å². The molecular formula is C26H24F3N5O2. The van der Waals surface area contributed by atoms with Crippen molar-refractivity contribution in [3.05, 3.63) is 83.7 Å². The Labute approximate surface area is 205 Å². The maximum Gasteiger partial charge on any atom is 0.390 e. The molecule has 0 aliphatic heterocycles. The van der Waals surface area contributed by atoms with E-state index in [0.29, 0.717) is 50.7 Å². The minimum Gasteiger partial charge on any atom is -0.497 e. The first-order chi connectivity index (χ1) is 17.1. The monoisotopic (exact) mass is 495 g/mol. The van der Waals surface area contributed by atoms with Crippen molar-refractivity contribution >= 4 is 22.8 Å². The Hall–Kier alpha value is -4.34. The number of aryl methyl sites for hydroxylation is 1. The predicted molar refractivity (Wildman–Crippen MR) is 132 cm³/mol. The molecule has 10 heteroatoms. The summed E-state index contributed by atoms with van der Waals surface area (Å²) in [5.74, 6) is 0.0925. The Morgan fingerprint density at radius 1 is 1.19 bits per heavy atom. The van der Waals surface area contributed by atoms with Gasteiger partial charge in [0.15, 0.2) is 5.65 Å². The number of aromatic nitrogens is 3. The first kappa shape index (κ1) is 24.8. The van der Waals surface area contributed by atoms with Crippen molar-refractivity contribution in [1.82, 2.24) is 14.6 Å². The second kappa shape index (κ2) is 9.73.